The van der Waals surface area contributed by atoms with Crippen molar-refractivity contribution in [2.75, 3.05) is 20.6 Å². The first kappa shape index (κ1) is 16.0. The lowest BCUT2D eigenvalue weighted by Crippen LogP contribution is -2.46. The number of likely N-dealkylation sites (N-methyl/N-ethyl adjacent to an activating group) is 2. The van der Waals surface area contributed by atoms with E-state index in [1.165, 1.54) is 22.0 Å². The highest BCUT2D eigenvalue weighted by molar-refractivity contribution is 6.33. The van der Waals surface area contributed by atoms with Crippen LogP contribution in [0.15, 0.2) is 30.5 Å². The lowest BCUT2D eigenvalue weighted by Gasteiger charge is -2.36. The quantitative estimate of drug-likeness (QED) is 0.865. The Hall–Kier alpha value is -1.85. The van der Waals surface area contributed by atoms with Crippen LogP contribution in [0.5, 0.6) is 0 Å². The van der Waals surface area contributed by atoms with Gasteiger partial charge < -0.3 is 4.90 Å². The van der Waals surface area contributed by atoms with Gasteiger partial charge in [-0.3, -0.25) is 14.4 Å². The van der Waals surface area contributed by atoms with E-state index in [2.05, 4.69) is 41.3 Å². The average Bonchev–Trinajstić information content (AvgIpc) is 2.86. The van der Waals surface area contributed by atoms with Crippen molar-refractivity contribution in [2.24, 2.45) is 7.05 Å². The maximum atomic E-state index is 12.6. The van der Waals surface area contributed by atoms with Crippen LogP contribution in [0, 0.1) is 0 Å². The molecule has 5 nitrogen and oxygen atoms in total. The number of amides is 1. The van der Waals surface area contributed by atoms with Crippen LogP contribution in [-0.2, 0) is 20.0 Å². The predicted molar refractivity (Wildman–Crippen MR) is 90.6 cm³/mol. The highest BCUT2D eigenvalue weighted by Crippen LogP contribution is 2.23. The predicted octanol–water partition coefficient (Wildman–Crippen LogP) is 2.20. The second-order valence-corrected chi connectivity index (χ2v) is 6.60. The standard InChI is InChI=1S/C17H21ClN4O/c1-20-10-13-7-5-4-6-12(13)8-14(20)11-21(2)17(23)16-15(18)9-19-22(16)3/h4-7,9,14H,8,10-11H2,1-3H3. The Morgan fingerprint density at radius 3 is 2.70 bits per heavy atom. The fourth-order valence-electron chi connectivity index (χ4n) is 3.15. The Bertz CT molecular complexity index is 708. The molecule has 0 aliphatic carbocycles. The summed E-state index contributed by atoms with van der Waals surface area (Å²) in [5, 5.41) is 4.43. The molecule has 0 N–H and O–H groups in total. The highest BCUT2D eigenvalue weighted by atomic mass is 35.5. The van der Waals surface area contributed by atoms with Crippen LogP contribution in [0.3, 0.4) is 0 Å². The van der Waals surface area contributed by atoms with E-state index in [1.807, 2.05) is 7.05 Å². The maximum absolute atomic E-state index is 12.6. The van der Waals surface area contributed by atoms with Gasteiger partial charge in [-0.25, -0.2) is 0 Å². The minimum Gasteiger partial charge on any atom is -0.339 e. The molecule has 23 heavy (non-hydrogen) atoms. The van der Waals surface area contributed by atoms with E-state index in [4.69, 9.17) is 11.6 Å². The number of carbonyl (C=O) groups is 1. The second-order valence-electron chi connectivity index (χ2n) is 6.19. The summed E-state index contributed by atoms with van der Waals surface area (Å²) in [6.07, 6.45) is 2.45. The van der Waals surface area contributed by atoms with E-state index in [0.717, 1.165) is 13.0 Å². The number of hydrogen-bond acceptors (Lipinski definition) is 3. The summed E-state index contributed by atoms with van der Waals surface area (Å²) in [6, 6.07) is 8.80. The molecule has 1 aromatic carbocycles. The normalized spacial score (nSPS) is 17.8. The first-order valence-electron chi connectivity index (χ1n) is 7.67. The third-order valence-corrected chi connectivity index (χ3v) is 4.82. The number of aromatic nitrogens is 2. The van der Waals surface area contributed by atoms with Gasteiger partial charge in [-0.2, -0.15) is 5.10 Å². The van der Waals surface area contributed by atoms with Crippen LogP contribution in [0.2, 0.25) is 5.02 Å². The van der Waals surface area contributed by atoms with Crippen LogP contribution in [0.4, 0.5) is 0 Å². The fraction of sp³-hybridized carbons (Fsp3) is 0.412. The molecule has 0 radical (unpaired) electrons. The van der Waals surface area contributed by atoms with Crippen LogP contribution in [0.1, 0.15) is 21.6 Å². The van der Waals surface area contributed by atoms with Crippen LogP contribution in [0.25, 0.3) is 0 Å². The number of hydrogen-bond donors (Lipinski definition) is 0. The summed E-state index contributed by atoms with van der Waals surface area (Å²) in [5.41, 5.74) is 3.18. The molecule has 1 atom stereocenters. The smallest absolute Gasteiger partial charge is 0.273 e. The SMILES string of the molecule is CN(CC1Cc2ccccc2CN1C)C(=O)c1c(Cl)cnn1C. The zero-order chi connectivity index (χ0) is 16.6. The Labute approximate surface area is 141 Å². The molecule has 2 heterocycles. The summed E-state index contributed by atoms with van der Waals surface area (Å²) in [4.78, 5) is 16.7. The molecule has 1 aliphatic rings. The van der Waals surface area contributed by atoms with Crippen molar-refractivity contribution in [1.29, 1.82) is 0 Å². The molecule has 0 saturated heterocycles. The molecule has 122 valence electrons. The summed E-state index contributed by atoms with van der Waals surface area (Å²) in [7, 11) is 5.66. The number of halogens is 1. The van der Waals surface area contributed by atoms with Gasteiger partial charge in [0.2, 0.25) is 0 Å². The largest absolute Gasteiger partial charge is 0.339 e. The molecule has 1 aromatic heterocycles. The van der Waals surface area contributed by atoms with Crippen molar-refractivity contribution < 1.29 is 4.79 Å². The summed E-state index contributed by atoms with van der Waals surface area (Å²) in [5.74, 6) is -0.0951. The zero-order valence-electron chi connectivity index (χ0n) is 13.7. The van der Waals surface area contributed by atoms with Crippen molar-refractivity contribution in [1.82, 2.24) is 19.6 Å². The van der Waals surface area contributed by atoms with Crippen molar-refractivity contribution in [3.63, 3.8) is 0 Å². The molecule has 1 unspecified atom stereocenters. The Morgan fingerprint density at radius 2 is 2.04 bits per heavy atom. The third-order valence-electron chi connectivity index (χ3n) is 4.55. The molecule has 2 aromatic rings. The van der Waals surface area contributed by atoms with Gasteiger partial charge in [0.05, 0.1) is 11.2 Å². The van der Waals surface area contributed by atoms with Gasteiger partial charge in [0.15, 0.2) is 0 Å². The van der Waals surface area contributed by atoms with Gasteiger partial charge in [0.1, 0.15) is 5.69 Å². The topological polar surface area (TPSA) is 41.4 Å². The molecule has 1 aliphatic heterocycles. The van der Waals surface area contributed by atoms with E-state index < -0.39 is 0 Å². The summed E-state index contributed by atoms with van der Waals surface area (Å²) in [6.45, 7) is 1.57. The van der Waals surface area contributed by atoms with Crippen molar-refractivity contribution in [3.05, 3.63) is 52.3 Å². The lowest BCUT2D eigenvalue weighted by molar-refractivity contribution is 0.0723. The van der Waals surface area contributed by atoms with Crippen LogP contribution >= 0.6 is 11.6 Å². The molecule has 3 rings (SSSR count). The Morgan fingerprint density at radius 1 is 1.35 bits per heavy atom. The van der Waals surface area contributed by atoms with Crippen molar-refractivity contribution >= 4 is 17.5 Å². The number of rotatable bonds is 3. The lowest BCUT2D eigenvalue weighted by atomic mass is 9.94. The first-order chi connectivity index (χ1) is 11.0. The molecule has 0 saturated carbocycles. The summed E-state index contributed by atoms with van der Waals surface area (Å²) < 4.78 is 1.53. The average molecular weight is 333 g/mol. The van der Waals surface area contributed by atoms with Gasteiger partial charge in [-0.15, -0.1) is 0 Å². The van der Waals surface area contributed by atoms with Crippen molar-refractivity contribution in [2.45, 2.75) is 19.0 Å². The van der Waals surface area contributed by atoms with E-state index in [-0.39, 0.29) is 5.91 Å². The minimum absolute atomic E-state index is 0.0951. The number of aryl methyl sites for hydroxylation is 1. The minimum atomic E-state index is -0.0951. The number of carbonyl (C=O) groups excluding carboxylic acids is 1. The Kier molecular flexibility index (Phi) is 4.41. The van der Waals surface area contributed by atoms with Gasteiger partial charge in [-0.1, -0.05) is 35.9 Å². The summed E-state index contributed by atoms with van der Waals surface area (Å²) >= 11 is 6.08. The molecule has 6 heteroatoms. The number of nitrogens with zero attached hydrogens (tertiary/aromatic N) is 4. The Balaban J connectivity index is 1.73. The molecule has 0 fully saturated rings. The van der Waals surface area contributed by atoms with Crippen LogP contribution < -0.4 is 0 Å². The monoisotopic (exact) mass is 332 g/mol. The van der Waals surface area contributed by atoms with E-state index in [0.29, 0.717) is 23.3 Å². The van der Waals surface area contributed by atoms with Gasteiger partial charge in [-0.05, 0) is 24.6 Å². The zero-order valence-corrected chi connectivity index (χ0v) is 14.4. The first-order valence-corrected chi connectivity index (χ1v) is 8.05. The van der Waals surface area contributed by atoms with E-state index in [1.54, 1.807) is 11.9 Å². The van der Waals surface area contributed by atoms with Gasteiger partial charge >= 0.3 is 0 Å². The molecular weight excluding hydrogens is 312 g/mol. The number of fused-ring (bicyclic) bond motifs is 1. The fourth-order valence-corrected chi connectivity index (χ4v) is 3.40. The van der Waals surface area contributed by atoms with Crippen LogP contribution in [-0.4, -0.2) is 52.2 Å². The maximum Gasteiger partial charge on any atom is 0.273 e. The molecular formula is C17H21ClN4O. The number of benzene rings is 1. The van der Waals surface area contributed by atoms with E-state index >= 15 is 0 Å². The highest BCUT2D eigenvalue weighted by Gasteiger charge is 2.27. The van der Waals surface area contributed by atoms with Gasteiger partial charge in [0.25, 0.3) is 5.91 Å². The molecule has 1 amide bonds. The van der Waals surface area contributed by atoms with Crippen molar-refractivity contribution in [3.8, 4) is 0 Å². The molecule has 0 spiro atoms. The van der Waals surface area contributed by atoms with E-state index in [9.17, 15) is 4.79 Å². The van der Waals surface area contributed by atoms with Gasteiger partial charge in [0, 0.05) is 33.2 Å². The molecule has 0 bridgehead atoms. The second kappa shape index (κ2) is 6.34. The third kappa shape index (κ3) is 3.12.